The highest BCUT2D eigenvalue weighted by atomic mass is 16.3. The Balaban J connectivity index is 2.53. The average Bonchev–Trinajstić information content (AvgIpc) is 2.40. The van der Waals surface area contributed by atoms with E-state index in [4.69, 9.17) is 0 Å². The first kappa shape index (κ1) is 13.9. The minimum Gasteiger partial charge on any atom is -0.391 e. The van der Waals surface area contributed by atoms with E-state index in [9.17, 15) is 5.11 Å². The minimum absolute atomic E-state index is 0.180. The van der Waals surface area contributed by atoms with Crippen molar-refractivity contribution < 1.29 is 5.11 Å². The minimum atomic E-state index is -0.180. The van der Waals surface area contributed by atoms with Crippen LogP contribution in [-0.2, 0) is 0 Å². The summed E-state index contributed by atoms with van der Waals surface area (Å²) in [5.41, 5.74) is 0. The zero-order valence-corrected chi connectivity index (χ0v) is 11.3. The molecule has 0 aromatic heterocycles. The molecule has 1 aliphatic rings. The van der Waals surface area contributed by atoms with Gasteiger partial charge in [0.15, 0.2) is 0 Å². The van der Waals surface area contributed by atoms with Crippen molar-refractivity contribution in [2.24, 2.45) is 5.92 Å². The zero-order chi connectivity index (χ0) is 12.1. The molecule has 1 rings (SSSR count). The maximum Gasteiger partial charge on any atom is 0.0710 e. The van der Waals surface area contributed by atoms with E-state index in [1.807, 2.05) is 0 Å². The molecule has 96 valence electrons. The van der Waals surface area contributed by atoms with Gasteiger partial charge >= 0.3 is 0 Å². The van der Waals surface area contributed by atoms with Crippen molar-refractivity contribution in [2.45, 2.75) is 45.3 Å². The predicted octanol–water partition coefficient (Wildman–Crippen LogP) is 1.42. The summed E-state index contributed by atoms with van der Waals surface area (Å²) >= 11 is 0. The van der Waals surface area contributed by atoms with Crippen molar-refractivity contribution in [3.05, 3.63) is 0 Å². The quantitative estimate of drug-likeness (QED) is 0.788. The maximum atomic E-state index is 10.3. The first-order valence-corrected chi connectivity index (χ1v) is 6.61. The van der Waals surface area contributed by atoms with Gasteiger partial charge in [-0.25, -0.2) is 0 Å². The second-order valence-corrected chi connectivity index (χ2v) is 5.48. The molecule has 0 bridgehead atoms. The number of aliphatic hydroxyl groups is 1. The summed E-state index contributed by atoms with van der Waals surface area (Å²) in [6.07, 6.45) is 3.11. The molecule has 16 heavy (non-hydrogen) atoms. The Morgan fingerprint density at radius 3 is 2.62 bits per heavy atom. The molecule has 3 atom stereocenters. The van der Waals surface area contributed by atoms with Gasteiger partial charge in [-0.15, -0.1) is 0 Å². The molecule has 0 aromatic carbocycles. The summed E-state index contributed by atoms with van der Waals surface area (Å²) in [5, 5.41) is 10.3. The van der Waals surface area contributed by atoms with Crippen molar-refractivity contribution >= 4 is 0 Å². The molecule has 0 aromatic rings. The Hall–Kier alpha value is -0.120. The van der Waals surface area contributed by atoms with Gasteiger partial charge < -0.3 is 10.0 Å². The fourth-order valence-electron chi connectivity index (χ4n) is 2.46. The standard InChI is InChI=1S/C13H28N2O/c1-5-11(2)9-13(16)12-10-14(3)7-6-8-15(12)4/h11-13,16H,5-10H2,1-4H3. The van der Waals surface area contributed by atoms with Crippen molar-refractivity contribution in [3.63, 3.8) is 0 Å². The van der Waals surface area contributed by atoms with Gasteiger partial charge in [0.05, 0.1) is 6.10 Å². The van der Waals surface area contributed by atoms with E-state index in [1.165, 1.54) is 6.42 Å². The summed E-state index contributed by atoms with van der Waals surface area (Å²) in [6, 6.07) is 0.307. The van der Waals surface area contributed by atoms with Crippen LogP contribution in [0.5, 0.6) is 0 Å². The Kier molecular flexibility index (Phi) is 5.73. The molecule has 1 heterocycles. The van der Waals surface area contributed by atoms with Crippen LogP contribution in [0.15, 0.2) is 0 Å². The molecule has 1 N–H and O–H groups in total. The molecule has 1 saturated heterocycles. The summed E-state index contributed by atoms with van der Waals surface area (Å²) in [7, 11) is 4.30. The number of hydrogen-bond donors (Lipinski definition) is 1. The SMILES string of the molecule is CCC(C)CC(O)C1CN(C)CCCN1C. The van der Waals surface area contributed by atoms with Crippen LogP contribution >= 0.6 is 0 Å². The molecule has 0 radical (unpaired) electrons. The first-order valence-electron chi connectivity index (χ1n) is 6.61. The molecular weight excluding hydrogens is 200 g/mol. The van der Waals surface area contributed by atoms with Gasteiger partial charge in [-0.05, 0) is 45.9 Å². The molecule has 0 saturated carbocycles. The van der Waals surface area contributed by atoms with Crippen LogP contribution in [0.1, 0.15) is 33.1 Å². The van der Waals surface area contributed by atoms with E-state index in [1.54, 1.807) is 0 Å². The highest BCUT2D eigenvalue weighted by Gasteiger charge is 2.27. The molecule has 0 aliphatic carbocycles. The zero-order valence-electron chi connectivity index (χ0n) is 11.3. The summed E-state index contributed by atoms with van der Waals surface area (Å²) < 4.78 is 0. The second kappa shape index (κ2) is 6.58. The first-order chi connectivity index (χ1) is 7.54. The lowest BCUT2D eigenvalue weighted by Gasteiger charge is -2.32. The van der Waals surface area contributed by atoms with Crippen LogP contribution in [0.2, 0.25) is 0 Å². The smallest absolute Gasteiger partial charge is 0.0710 e. The monoisotopic (exact) mass is 228 g/mol. The number of nitrogens with zero attached hydrogens (tertiary/aromatic N) is 2. The number of likely N-dealkylation sites (N-methyl/N-ethyl adjacent to an activating group) is 2. The predicted molar refractivity (Wildman–Crippen MR) is 68.6 cm³/mol. The number of hydrogen-bond acceptors (Lipinski definition) is 3. The fraction of sp³-hybridized carbons (Fsp3) is 1.00. The Bertz CT molecular complexity index is 198. The van der Waals surface area contributed by atoms with Crippen LogP contribution in [0.25, 0.3) is 0 Å². The molecule has 3 unspecified atom stereocenters. The van der Waals surface area contributed by atoms with Crippen molar-refractivity contribution in [2.75, 3.05) is 33.7 Å². The fourth-order valence-corrected chi connectivity index (χ4v) is 2.46. The van der Waals surface area contributed by atoms with Crippen molar-refractivity contribution in [1.82, 2.24) is 9.80 Å². The molecule has 1 aliphatic heterocycles. The topological polar surface area (TPSA) is 26.7 Å². The van der Waals surface area contributed by atoms with Crippen LogP contribution in [-0.4, -0.2) is 60.8 Å². The van der Waals surface area contributed by atoms with E-state index >= 15 is 0 Å². The molecule has 1 fully saturated rings. The Morgan fingerprint density at radius 1 is 1.31 bits per heavy atom. The largest absolute Gasteiger partial charge is 0.391 e. The van der Waals surface area contributed by atoms with Gasteiger partial charge in [-0.1, -0.05) is 20.3 Å². The van der Waals surface area contributed by atoms with E-state index in [-0.39, 0.29) is 6.10 Å². The van der Waals surface area contributed by atoms with E-state index in [2.05, 4.69) is 37.7 Å². The summed E-state index contributed by atoms with van der Waals surface area (Å²) in [6.45, 7) is 7.67. The van der Waals surface area contributed by atoms with Gasteiger partial charge in [-0.3, -0.25) is 4.90 Å². The lowest BCUT2D eigenvalue weighted by Crippen LogP contribution is -2.46. The van der Waals surface area contributed by atoms with Crippen LogP contribution in [0.3, 0.4) is 0 Å². The third-order valence-electron chi connectivity index (χ3n) is 3.90. The van der Waals surface area contributed by atoms with Crippen LogP contribution in [0.4, 0.5) is 0 Å². The molecule has 3 nitrogen and oxygen atoms in total. The Morgan fingerprint density at radius 2 is 2.00 bits per heavy atom. The molecular formula is C13H28N2O. The maximum absolute atomic E-state index is 10.3. The number of aliphatic hydroxyl groups excluding tert-OH is 1. The average molecular weight is 228 g/mol. The van der Waals surface area contributed by atoms with Crippen molar-refractivity contribution in [1.29, 1.82) is 0 Å². The lowest BCUT2D eigenvalue weighted by molar-refractivity contribution is 0.0416. The van der Waals surface area contributed by atoms with Gasteiger partial charge in [0.25, 0.3) is 0 Å². The van der Waals surface area contributed by atoms with Gasteiger partial charge in [-0.2, -0.15) is 0 Å². The summed E-state index contributed by atoms with van der Waals surface area (Å²) in [4.78, 5) is 4.67. The third kappa shape index (κ3) is 4.04. The summed E-state index contributed by atoms with van der Waals surface area (Å²) in [5.74, 6) is 0.622. The molecule has 0 amide bonds. The van der Waals surface area contributed by atoms with E-state index in [0.29, 0.717) is 12.0 Å². The highest BCUT2D eigenvalue weighted by Crippen LogP contribution is 2.17. The third-order valence-corrected chi connectivity index (χ3v) is 3.90. The van der Waals surface area contributed by atoms with Crippen LogP contribution in [0, 0.1) is 5.92 Å². The van der Waals surface area contributed by atoms with Gasteiger partial charge in [0.1, 0.15) is 0 Å². The highest BCUT2D eigenvalue weighted by molar-refractivity contribution is 4.83. The van der Waals surface area contributed by atoms with Crippen LogP contribution < -0.4 is 0 Å². The normalized spacial score (nSPS) is 28.7. The Labute approximate surface area is 100 Å². The second-order valence-electron chi connectivity index (χ2n) is 5.48. The molecule has 0 spiro atoms. The number of rotatable bonds is 4. The van der Waals surface area contributed by atoms with E-state index < -0.39 is 0 Å². The van der Waals surface area contributed by atoms with Gasteiger partial charge in [0.2, 0.25) is 0 Å². The van der Waals surface area contributed by atoms with E-state index in [0.717, 1.165) is 32.5 Å². The van der Waals surface area contributed by atoms with Crippen molar-refractivity contribution in [3.8, 4) is 0 Å². The lowest BCUT2D eigenvalue weighted by atomic mass is 9.96. The molecule has 3 heteroatoms. The van der Waals surface area contributed by atoms with Gasteiger partial charge in [0, 0.05) is 12.6 Å².